The normalized spacial score (nSPS) is 11.4. The van der Waals surface area contributed by atoms with Crippen LogP contribution < -0.4 is 4.72 Å². The molecule has 0 saturated heterocycles. The highest BCUT2D eigenvalue weighted by Gasteiger charge is 2.24. The minimum absolute atomic E-state index is 0.0545. The minimum atomic E-state index is -3.66. The standard InChI is InChI=1S/C7H10N2O3S3/c1-4-6(5(2)12-8-4)15(10,11)9-7(13)14-3/h1-3H3,(H,9,13). The van der Waals surface area contributed by atoms with Crippen molar-refractivity contribution in [1.29, 1.82) is 0 Å². The molecule has 0 unspecified atom stereocenters. The Balaban J connectivity index is 3.12. The van der Waals surface area contributed by atoms with E-state index in [9.17, 15) is 8.42 Å². The molecule has 8 heteroatoms. The van der Waals surface area contributed by atoms with Crippen LogP contribution in [0.15, 0.2) is 9.42 Å². The van der Waals surface area contributed by atoms with Crippen LogP contribution in [0.4, 0.5) is 0 Å². The molecule has 1 aromatic heterocycles. The molecule has 15 heavy (non-hydrogen) atoms. The molecule has 1 heterocycles. The predicted molar refractivity (Wildman–Crippen MR) is 62.4 cm³/mol. The molecule has 0 saturated carbocycles. The topological polar surface area (TPSA) is 72.2 Å². The van der Waals surface area contributed by atoms with Crippen LogP contribution in [0.1, 0.15) is 11.5 Å². The van der Waals surface area contributed by atoms with Crippen LogP contribution >= 0.6 is 24.0 Å². The van der Waals surface area contributed by atoms with E-state index in [1.807, 2.05) is 0 Å². The second kappa shape index (κ2) is 4.50. The van der Waals surface area contributed by atoms with Crippen LogP contribution in [-0.4, -0.2) is 24.2 Å². The number of sulfonamides is 1. The van der Waals surface area contributed by atoms with Gasteiger partial charge in [0, 0.05) is 0 Å². The Bertz CT molecular complexity index is 458. The van der Waals surface area contributed by atoms with Crippen molar-refractivity contribution in [2.45, 2.75) is 18.7 Å². The number of hydrogen-bond donors (Lipinski definition) is 1. The Morgan fingerprint density at radius 1 is 1.53 bits per heavy atom. The molecular weight excluding hydrogens is 256 g/mol. The lowest BCUT2D eigenvalue weighted by Gasteiger charge is -2.05. The summed E-state index contributed by atoms with van der Waals surface area (Å²) in [6.07, 6.45) is 1.69. The van der Waals surface area contributed by atoms with Crippen LogP contribution in [0.25, 0.3) is 0 Å². The maximum Gasteiger partial charge on any atom is 0.268 e. The first-order valence-electron chi connectivity index (χ1n) is 3.92. The first-order valence-corrected chi connectivity index (χ1v) is 7.03. The minimum Gasteiger partial charge on any atom is -0.360 e. The van der Waals surface area contributed by atoms with Crippen molar-refractivity contribution in [3.63, 3.8) is 0 Å². The number of hydrogen-bond acceptors (Lipinski definition) is 6. The lowest BCUT2D eigenvalue weighted by atomic mass is 10.4. The molecule has 84 valence electrons. The summed E-state index contributed by atoms with van der Waals surface area (Å²) >= 11 is 5.94. The fraction of sp³-hybridized carbons (Fsp3) is 0.429. The van der Waals surface area contributed by atoms with E-state index >= 15 is 0 Å². The summed E-state index contributed by atoms with van der Waals surface area (Å²) in [6.45, 7) is 3.10. The molecule has 0 fully saturated rings. The number of thioether (sulfide) groups is 1. The number of nitrogens with zero attached hydrogens (tertiary/aromatic N) is 1. The van der Waals surface area contributed by atoms with E-state index in [1.54, 1.807) is 13.2 Å². The van der Waals surface area contributed by atoms with Gasteiger partial charge in [-0.3, -0.25) is 4.72 Å². The van der Waals surface area contributed by atoms with Gasteiger partial charge >= 0.3 is 0 Å². The van der Waals surface area contributed by atoms with Gasteiger partial charge in [-0.1, -0.05) is 29.1 Å². The lowest BCUT2D eigenvalue weighted by Crippen LogP contribution is -2.27. The van der Waals surface area contributed by atoms with Gasteiger partial charge in [-0.2, -0.15) is 0 Å². The summed E-state index contributed by atoms with van der Waals surface area (Å²) in [7, 11) is -3.66. The van der Waals surface area contributed by atoms with E-state index in [2.05, 4.69) is 9.88 Å². The van der Waals surface area contributed by atoms with Gasteiger partial charge in [-0.05, 0) is 20.1 Å². The SMILES string of the molecule is CSC(=S)NS(=O)(=O)c1c(C)noc1C. The molecular formula is C7H10N2O3S3. The quantitative estimate of drug-likeness (QED) is 0.811. The highest BCUT2D eigenvalue weighted by molar-refractivity contribution is 8.23. The molecule has 0 bridgehead atoms. The van der Waals surface area contributed by atoms with Crippen molar-refractivity contribution in [3.05, 3.63) is 11.5 Å². The highest BCUT2D eigenvalue weighted by Crippen LogP contribution is 2.18. The fourth-order valence-corrected chi connectivity index (χ4v) is 3.22. The van der Waals surface area contributed by atoms with Crippen LogP contribution in [-0.2, 0) is 10.0 Å². The van der Waals surface area contributed by atoms with Crippen molar-refractivity contribution in [1.82, 2.24) is 9.88 Å². The summed E-state index contributed by atoms with van der Waals surface area (Å²) in [5.41, 5.74) is 0.323. The first kappa shape index (κ1) is 12.5. The summed E-state index contributed by atoms with van der Waals surface area (Å²) in [5.74, 6) is 0.254. The van der Waals surface area contributed by atoms with Gasteiger partial charge in [0.05, 0.1) is 0 Å². The second-order valence-corrected chi connectivity index (χ2v) is 5.85. The van der Waals surface area contributed by atoms with Gasteiger partial charge in [-0.25, -0.2) is 8.42 Å². The highest BCUT2D eigenvalue weighted by atomic mass is 32.2. The van der Waals surface area contributed by atoms with E-state index in [0.717, 1.165) is 11.8 Å². The van der Waals surface area contributed by atoms with Crippen LogP contribution in [0.2, 0.25) is 0 Å². The Morgan fingerprint density at radius 3 is 2.53 bits per heavy atom. The molecule has 0 aliphatic heterocycles. The van der Waals surface area contributed by atoms with E-state index in [1.165, 1.54) is 6.92 Å². The average Bonchev–Trinajstić information content (AvgIpc) is 2.45. The molecule has 0 amide bonds. The Labute approximate surface area is 97.6 Å². The maximum absolute atomic E-state index is 11.8. The molecule has 0 aliphatic rings. The lowest BCUT2D eigenvalue weighted by molar-refractivity contribution is 0.390. The third-order valence-electron chi connectivity index (χ3n) is 1.64. The van der Waals surface area contributed by atoms with E-state index < -0.39 is 10.0 Å². The molecule has 0 spiro atoms. The monoisotopic (exact) mass is 266 g/mol. The zero-order valence-corrected chi connectivity index (χ0v) is 10.8. The van der Waals surface area contributed by atoms with Crippen molar-refractivity contribution in [3.8, 4) is 0 Å². The summed E-state index contributed by atoms with van der Waals surface area (Å²) < 4.78 is 30.8. The van der Waals surface area contributed by atoms with Crippen LogP contribution in [0.3, 0.4) is 0 Å². The zero-order valence-electron chi connectivity index (χ0n) is 8.40. The fourth-order valence-electron chi connectivity index (χ4n) is 1.06. The number of aromatic nitrogens is 1. The molecule has 0 aromatic carbocycles. The predicted octanol–water partition coefficient (Wildman–Crippen LogP) is 1.22. The van der Waals surface area contributed by atoms with Crippen molar-refractivity contribution in [2.75, 3.05) is 6.26 Å². The Kier molecular flexibility index (Phi) is 3.74. The van der Waals surface area contributed by atoms with Gasteiger partial charge < -0.3 is 4.52 Å². The number of aryl methyl sites for hydroxylation is 2. The van der Waals surface area contributed by atoms with E-state index in [4.69, 9.17) is 16.7 Å². The molecule has 0 atom stereocenters. The molecule has 5 nitrogen and oxygen atoms in total. The van der Waals surface area contributed by atoms with Gasteiger partial charge in [0.1, 0.15) is 10.0 Å². The molecule has 0 aliphatic carbocycles. The van der Waals surface area contributed by atoms with Crippen molar-refractivity contribution < 1.29 is 12.9 Å². The van der Waals surface area contributed by atoms with E-state index in [-0.39, 0.29) is 15.0 Å². The number of rotatable bonds is 2. The molecule has 1 rings (SSSR count). The summed E-state index contributed by atoms with van der Waals surface area (Å²) in [4.78, 5) is 0.0545. The number of nitrogens with one attached hydrogen (secondary N) is 1. The van der Waals surface area contributed by atoms with Gasteiger partial charge in [0.2, 0.25) is 0 Å². The summed E-state index contributed by atoms with van der Waals surface area (Å²) in [5, 5.41) is 3.57. The van der Waals surface area contributed by atoms with Crippen LogP contribution in [0, 0.1) is 13.8 Å². The van der Waals surface area contributed by atoms with E-state index in [0.29, 0.717) is 5.69 Å². The maximum atomic E-state index is 11.8. The second-order valence-electron chi connectivity index (χ2n) is 2.75. The summed E-state index contributed by atoms with van der Waals surface area (Å²) in [6, 6.07) is 0. The Morgan fingerprint density at radius 2 is 2.13 bits per heavy atom. The molecule has 1 aromatic rings. The third kappa shape index (κ3) is 2.70. The van der Waals surface area contributed by atoms with Crippen molar-refractivity contribution in [2.24, 2.45) is 0 Å². The molecule has 0 radical (unpaired) electrons. The van der Waals surface area contributed by atoms with Crippen LogP contribution in [0.5, 0.6) is 0 Å². The number of thiocarbonyl (C=S) groups is 1. The average molecular weight is 266 g/mol. The largest absolute Gasteiger partial charge is 0.360 e. The third-order valence-corrected chi connectivity index (χ3v) is 4.57. The Hall–Kier alpha value is -0.600. The van der Waals surface area contributed by atoms with Gasteiger partial charge in [0.15, 0.2) is 10.7 Å². The van der Waals surface area contributed by atoms with Crippen molar-refractivity contribution >= 4 is 38.3 Å². The zero-order chi connectivity index (χ0) is 11.6. The molecule has 1 N–H and O–H groups in total. The van der Waals surface area contributed by atoms with Gasteiger partial charge in [-0.15, -0.1) is 0 Å². The first-order chi connectivity index (χ1) is 6.88. The van der Waals surface area contributed by atoms with Gasteiger partial charge in [0.25, 0.3) is 10.0 Å². The smallest absolute Gasteiger partial charge is 0.268 e.